The summed E-state index contributed by atoms with van der Waals surface area (Å²) in [5.41, 5.74) is 0. The van der Waals surface area contributed by atoms with Crippen LogP contribution in [-0.2, 0) is 4.74 Å². The molecule has 2 nitrogen and oxygen atoms in total. The van der Waals surface area contributed by atoms with Gasteiger partial charge in [-0.05, 0) is 31.6 Å². The van der Waals surface area contributed by atoms with Gasteiger partial charge in [0.25, 0.3) is 0 Å². The van der Waals surface area contributed by atoms with Gasteiger partial charge in [0.15, 0.2) is 0 Å². The molecule has 0 amide bonds. The molecule has 0 spiro atoms. The van der Waals surface area contributed by atoms with E-state index in [2.05, 4.69) is 12.2 Å². The van der Waals surface area contributed by atoms with Crippen molar-refractivity contribution in [1.29, 1.82) is 0 Å². The monoisotopic (exact) mass is 211 g/mol. The average molecular weight is 211 g/mol. The summed E-state index contributed by atoms with van der Waals surface area (Å²) < 4.78 is 5.87. The number of hydrogen-bond donors (Lipinski definition) is 1. The SMILES string of the molecule is CC1CC(NCCOC2CCCCC2)C1. The smallest absolute Gasteiger partial charge is 0.0594 e. The van der Waals surface area contributed by atoms with Crippen molar-refractivity contribution in [2.45, 2.75) is 64.0 Å². The van der Waals surface area contributed by atoms with Crippen molar-refractivity contribution in [3.8, 4) is 0 Å². The molecule has 0 saturated heterocycles. The zero-order valence-electron chi connectivity index (χ0n) is 10.0. The third-order valence-corrected chi connectivity index (χ3v) is 3.81. The van der Waals surface area contributed by atoms with Gasteiger partial charge in [-0.1, -0.05) is 26.2 Å². The van der Waals surface area contributed by atoms with Crippen molar-refractivity contribution >= 4 is 0 Å². The van der Waals surface area contributed by atoms with E-state index in [9.17, 15) is 0 Å². The maximum atomic E-state index is 5.87. The first kappa shape index (κ1) is 11.4. The van der Waals surface area contributed by atoms with Crippen LogP contribution in [0.25, 0.3) is 0 Å². The lowest BCUT2D eigenvalue weighted by atomic mass is 9.82. The topological polar surface area (TPSA) is 21.3 Å². The maximum Gasteiger partial charge on any atom is 0.0594 e. The highest BCUT2D eigenvalue weighted by molar-refractivity contribution is 4.81. The minimum Gasteiger partial charge on any atom is -0.377 e. The molecule has 0 unspecified atom stereocenters. The Hall–Kier alpha value is -0.0800. The summed E-state index contributed by atoms with van der Waals surface area (Å²) >= 11 is 0. The van der Waals surface area contributed by atoms with Crippen LogP contribution in [0.15, 0.2) is 0 Å². The second kappa shape index (κ2) is 5.86. The fraction of sp³-hybridized carbons (Fsp3) is 1.00. The van der Waals surface area contributed by atoms with Crippen LogP contribution in [0.2, 0.25) is 0 Å². The van der Waals surface area contributed by atoms with Crippen molar-refractivity contribution in [1.82, 2.24) is 5.32 Å². The van der Waals surface area contributed by atoms with E-state index >= 15 is 0 Å². The van der Waals surface area contributed by atoms with Gasteiger partial charge < -0.3 is 10.1 Å². The Balaban J connectivity index is 1.44. The summed E-state index contributed by atoms with van der Waals surface area (Å²) in [6.07, 6.45) is 10.0. The third kappa shape index (κ3) is 3.76. The maximum absolute atomic E-state index is 5.87. The van der Waals surface area contributed by atoms with Crippen molar-refractivity contribution in [3.63, 3.8) is 0 Å². The van der Waals surface area contributed by atoms with E-state index in [4.69, 9.17) is 4.74 Å². The van der Waals surface area contributed by atoms with Crippen LogP contribution < -0.4 is 5.32 Å². The predicted molar refractivity (Wildman–Crippen MR) is 63.0 cm³/mol. The lowest BCUT2D eigenvalue weighted by molar-refractivity contribution is 0.0275. The Bertz CT molecular complexity index is 171. The fourth-order valence-electron chi connectivity index (χ4n) is 2.79. The molecule has 88 valence electrons. The highest BCUT2D eigenvalue weighted by Gasteiger charge is 2.24. The molecule has 0 radical (unpaired) electrons. The summed E-state index contributed by atoms with van der Waals surface area (Å²) in [5.74, 6) is 0.946. The van der Waals surface area contributed by atoms with E-state index in [1.807, 2.05) is 0 Å². The molecule has 2 aliphatic rings. The van der Waals surface area contributed by atoms with E-state index in [1.165, 1.54) is 44.9 Å². The first-order valence-electron chi connectivity index (χ1n) is 6.69. The van der Waals surface area contributed by atoms with Gasteiger partial charge in [0.2, 0.25) is 0 Å². The molecule has 15 heavy (non-hydrogen) atoms. The lowest BCUT2D eigenvalue weighted by Gasteiger charge is -2.33. The van der Waals surface area contributed by atoms with Crippen LogP contribution in [0.5, 0.6) is 0 Å². The van der Waals surface area contributed by atoms with E-state index in [-0.39, 0.29) is 0 Å². The Morgan fingerprint density at radius 3 is 2.53 bits per heavy atom. The van der Waals surface area contributed by atoms with Gasteiger partial charge in [-0.3, -0.25) is 0 Å². The van der Waals surface area contributed by atoms with Gasteiger partial charge >= 0.3 is 0 Å². The molecule has 0 aromatic rings. The van der Waals surface area contributed by atoms with Gasteiger partial charge in [0, 0.05) is 12.6 Å². The standard InChI is InChI=1S/C13H25NO/c1-11-9-12(10-11)14-7-8-15-13-5-3-2-4-6-13/h11-14H,2-10H2,1H3. The fourth-order valence-corrected chi connectivity index (χ4v) is 2.79. The number of hydrogen-bond acceptors (Lipinski definition) is 2. The summed E-state index contributed by atoms with van der Waals surface area (Å²) in [7, 11) is 0. The van der Waals surface area contributed by atoms with Gasteiger partial charge in [-0.15, -0.1) is 0 Å². The zero-order valence-corrected chi connectivity index (χ0v) is 10.0. The first-order valence-corrected chi connectivity index (χ1v) is 6.69. The minimum absolute atomic E-state index is 0.570. The van der Waals surface area contributed by atoms with Crippen molar-refractivity contribution in [2.75, 3.05) is 13.2 Å². The summed E-state index contributed by atoms with van der Waals surface area (Å²) in [4.78, 5) is 0. The van der Waals surface area contributed by atoms with Crippen LogP contribution in [0.4, 0.5) is 0 Å². The molecule has 0 aromatic heterocycles. The largest absolute Gasteiger partial charge is 0.377 e. The molecule has 0 atom stereocenters. The van der Waals surface area contributed by atoms with Crippen LogP contribution in [0.1, 0.15) is 51.9 Å². The second-order valence-corrected chi connectivity index (χ2v) is 5.36. The van der Waals surface area contributed by atoms with Crippen LogP contribution >= 0.6 is 0 Å². The van der Waals surface area contributed by atoms with Crippen LogP contribution in [0.3, 0.4) is 0 Å². The van der Waals surface area contributed by atoms with E-state index < -0.39 is 0 Å². The van der Waals surface area contributed by atoms with Crippen molar-refractivity contribution in [3.05, 3.63) is 0 Å². The molecule has 2 heteroatoms. The average Bonchev–Trinajstić information content (AvgIpc) is 2.23. The molecule has 2 saturated carbocycles. The third-order valence-electron chi connectivity index (χ3n) is 3.81. The van der Waals surface area contributed by atoms with Gasteiger partial charge in [0.1, 0.15) is 0 Å². The normalized spacial score (nSPS) is 32.6. The molecule has 0 aliphatic heterocycles. The van der Waals surface area contributed by atoms with Crippen molar-refractivity contribution < 1.29 is 4.74 Å². The Morgan fingerprint density at radius 1 is 1.13 bits per heavy atom. The molecular formula is C13H25NO. The molecule has 2 aliphatic carbocycles. The summed E-state index contributed by atoms with van der Waals surface area (Å²) in [6, 6.07) is 0.787. The summed E-state index contributed by atoms with van der Waals surface area (Å²) in [5, 5.41) is 3.56. The quantitative estimate of drug-likeness (QED) is 0.706. The highest BCUT2D eigenvalue weighted by Crippen LogP contribution is 2.26. The predicted octanol–water partition coefficient (Wildman–Crippen LogP) is 2.72. The number of nitrogens with one attached hydrogen (secondary N) is 1. The summed E-state index contributed by atoms with van der Waals surface area (Å²) in [6.45, 7) is 4.29. The molecule has 0 bridgehead atoms. The lowest BCUT2D eigenvalue weighted by Crippen LogP contribution is -2.41. The highest BCUT2D eigenvalue weighted by atomic mass is 16.5. The molecule has 2 fully saturated rings. The van der Waals surface area contributed by atoms with E-state index in [1.54, 1.807) is 0 Å². The Labute approximate surface area is 93.8 Å². The van der Waals surface area contributed by atoms with E-state index in [0.717, 1.165) is 25.1 Å². The van der Waals surface area contributed by atoms with Crippen LogP contribution in [0, 0.1) is 5.92 Å². The molecule has 1 N–H and O–H groups in total. The number of rotatable bonds is 5. The molecule has 0 heterocycles. The van der Waals surface area contributed by atoms with Gasteiger partial charge in [-0.25, -0.2) is 0 Å². The second-order valence-electron chi connectivity index (χ2n) is 5.36. The molecular weight excluding hydrogens is 186 g/mol. The van der Waals surface area contributed by atoms with Crippen LogP contribution in [-0.4, -0.2) is 25.3 Å². The van der Waals surface area contributed by atoms with E-state index in [0.29, 0.717) is 6.10 Å². The van der Waals surface area contributed by atoms with Gasteiger partial charge in [-0.2, -0.15) is 0 Å². The Kier molecular flexibility index (Phi) is 4.45. The minimum atomic E-state index is 0.570. The molecule has 0 aromatic carbocycles. The number of ether oxygens (including phenoxy) is 1. The zero-order chi connectivity index (χ0) is 10.5. The first-order chi connectivity index (χ1) is 7.34. The molecule has 2 rings (SSSR count). The van der Waals surface area contributed by atoms with Gasteiger partial charge in [0.05, 0.1) is 12.7 Å². The Morgan fingerprint density at radius 2 is 1.87 bits per heavy atom. The van der Waals surface area contributed by atoms with Crippen molar-refractivity contribution in [2.24, 2.45) is 5.92 Å².